The van der Waals surface area contributed by atoms with Gasteiger partial charge in [0.25, 0.3) is 0 Å². The Morgan fingerprint density at radius 2 is 1.91 bits per heavy atom. The first-order chi connectivity index (χ1) is 15.2. The summed E-state index contributed by atoms with van der Waals surface area (Å²) in [5.74, 6) is 1.58. The van der Waals surface area contributed by atoms with Gasteiger partial charge in [-0.25, -0.2) is 23.2 Å². The number of piperidine rings is 1. The molecule has 178 valence electrons. The van der Waals surface area contributed by atoms with Crippen LogP contribution in [0.5, 0.6) is 5.88 Å². The number of ether oxygens (including phenoxy) is 1. The summed E-state index contributed by atoms with van der Waals surface area (Å²) in [5.41, 5.74) is 0.110. The lowest BCUT2D eigenvalue weighted by molar-refractivity contribution is 0.0483. The number of amides is 1. The molecule has 32 heavy (non-hydrogen) atoms. The predicted octanol–water partition coefficient (Wildman–Crippen LogP) is 1.89. The molecule has 2 atom stereocenters. The molecule has 0 radical (unpaired) electrons. The fraction of sp³-hybridized carbons (Fsp3) is 0.762. The second-order valence-electron chi connectivity index (χ2n) is 9.35. The van der Waals surface area contributed by atoms with E-state index in [0.717, 1.165) is 25.7 Å². The number of likely N-dealkylation sites (tertiary alicyclic amines) is 1. The quantitative estimate of drug-likeness (QED) is 0.646. The lowest BCUT2D eigenvalue weighted by Crippen LogP contribution is -2.50. The van der Waals surface area contributed by atoms with Gasteiger partial charge in [-0.15, -0.1) is 0 Å². The molecule has 2 aliphatic heterocycles. The van der Waals surface area contributed by atoms with Gasteiger partial charge >= 0.3 is 6.09 Å². The monoisotopic (exact) mass is 467 g/mol. The molecule has 10 nitrogen and oxygen atoms in total. The standard InChI is InChI=1S/C21H33N5O5S/c1-3-32(29,30)25-10-8-24(9-11-25)18-13-23-19(14-22-18)31-15-16-4-7-26(20(27)28)17(12-16)21(2)5-6-21/h13-14,16-17H,3-12,15H2,1-2H3,(H,27,28). The minimum Gasteiger partial charge on any atom is -0.476 e. The summed E-state index contributed by atoms with van der Waals surface area (Å²) in [5, 5.41) is 9.53. The van der Waals surface area contributed by atoms with Crippen LogP contribution in [-0.2, 0) is 10.0 Å². The highest BCUT2D eigenvalue weighted by Crippen LogP contribution is 2.53. The molecular weight excluding hydrogens is 434 g/mol. The van der Waals surface area contributed by atoms with Crippen molar-refractivity contribution in [2.24, 2.45) is 11.3 Å². The van der Waals surface area contributed by atoms with Gasteiger partial charge in [-0.3, -0.25) is 0 Å². The second-order valence-corrected chi connectivity index (χ2v) is 11.6. The number of rotatable bonds is 7. The lowest BCUT2D eigenvalue weighted by atomic mass is 9.83. The van der Waals surface area contributed by atoms with Gasteiger partial charge in [0.05, 0.1) is 24.8 Å². The molecule has 1 aliphatic carbocycles. The first-order valence-corrected chi connectivity index (χ1v) is 13.0. The molecule has 4 rings (SSSR count). The topological polar surface area (TPSA) is 116 Å². The van der Waals surface area contributed by atoms with Gasteiger partial charge in [-0.1, -0.05) is 6.92 Å². The van der Waals surface area contributed by atoms with Crippen molar-refractivity contribution < 1.29 is 23.1 Å². The third kappa shape index (κ3) is 4.93. The highest BCUT2D eigenvalue weighted by molar-refractivity contribution is 7.89. The van der Waals surface area contributed by atoms with Crippen LogP contribution in [0.4, 0.5) is 10.6 Å². The number of anilines is 1. The van der Waals surface area contributed by atoms with Gasteiger partial charge in [0.15, 0.2) is 0 Å². The van der Waals surface area contributed by atoms with Crippen LogP contribution in [0.3, 0.4) is 0 Å². The molecule has 3 aliphatic rings. The number of piperazine rings is 1. The van der Waals surface area contributed by atoms with E-state index < -0.39 is 16.1 Å². The minimum atomic E-state index is -3.15. The Bertz CT molecular complexity index is 913. The molecule has 3 fully saturated rings. The van der Waals surface area contributed by atoms with Crippen molar-refractivity contribution in [3.05, 3.63) is 12.4 Å². The third-order valence-electron chi connectivity index (χ3n) is 7.20. The van der Waals surface area contributed by atoms with Crippen LogP contribution in [0.2, 0.25) is 0 Å². The molecule has 0 aromatic carbocycles. The fourth-order valence-electron chi connectivity index (χ4n) is 4.74. The van der Waals surface area contributed by atoms with Crippen LogP contribution in [-0.4, -0.2) is 89.9 Å². The number of carboxylic acid groups (broad SMARTS) is 1. The maximum Gasteiger partial charge on any atom is 0.407 e. The Morgan fingerprint density at radius 1 is 1.19 bits per heavy atom. The number of hydrogen-bond donors (Lipinski definition) is 1. The summed E-state index contributed by atoms with van der Waals surface area (Å²) >= 11 is 0. The van der Waals surface area contributed by atoms with Gasteiger partial charge in [0.1, 0.15) is 5.82 Å². The van der Waals surface area contributed by atoms with Crippen LogP contribution >= 0.6 is 0 Å². The molecule has 1 amide bonds. The lowest BCUT2D eigenvalue weighted by Gasteiger charge is -2.41. The van der Waals surface area contributed by atoms with Crippen molar-refractivity contribution in [2.45, 2.75) is 45.6 Å². The summed E-state index contributed by atoms with van der Waals surface area (Å²) in [7, 11) is -3.15. The van der Waals surface area contributed by atoms with Gasteiger partial charge in [-0.05, 0) is 43.9 Å². The van der Waals surface area contributed by atoms with E-state index in [-0.39, 0.29) is 17.2 Å². The normalized spacial score (nSPS) is 26.1. The minimum absolute atomic E-state index is 0.0611. The largest absolute Gasteiger partial charge is 0.476 e. The van der Waals surface area contributed by atoms with Crippen molar-refractivity contribution in [1.29, 1.82) is 0 Å². The fourth-order valence-corrected chi connectivity index (χ4v) is 5.82. The Kier molecular flexibility index (Phi) is 6.49. The third-order valence-corrected chi connectivity index (χ3v) is 9.08. The van der Waals surface area contributed by atoms with E-state index in [4.69, 9.17) is 4.74 Å². The molecular formula is C21H33N5O5S. The Morgan fingerprint density at radius 3 is 2.47 bits per heavy atom. The molecule has 0 bridgehead atoms. The number of aromatic nitrogens is 2. The van der Waals surface area contributed by atoms with Gasteiger partial charge in [0, 0.05) is 38.8 Å². The summed E-state index contributed by atoms with van der Waals surface area (Å²) in [6, 6.07) is 0.0611. The SMILES string of the molecule is CCS(=O)(=O)N1CCN(c2cnc(OCC3CCN(C(=O)O)C(C4(C)CC4)C3)cn2)CC1. The Labute approximate surface area is 189 Å². The first-order valence-electron chi connectivity index (χ1n) is 11.4. The zero-order valence-corrected chi connectivity index (χ0v) is 19.6. The van der Waals surface area contributed by atoms with Crippen molar-refractivity contribution in [2.75, 3.05) is 50.0 Å². The molecule has 2 saturated heterocycles. The average Bonchev–Trinajstić information content (AvgIpc) is 3.56. The maximum absolute atomic E-state index is 12.0. The van der Waals surface area contributed by atoms with Crippen LogP contribution in [0, 0.1) is 11.3 Å². The van der Waals surface area contributed by atoms with Crippen LogP contribution in [0.15, 0.2) is 12.4 Å². The van der Waals surface area contributed by atoms with Gasteiger partial charge in [0.2, 0.25) is 15.9 Å². The second kappa shape index (κ2) is 9.01. The van der Waals surface area contributed by atoms with Crippen molar-refractivity contribution >= 4 is 21.9 Å². The average molecular weight is 468 g/mol. The highest BCUT2D eigenvalue weighted by atomic mass is 32.2. The number of sulfonamides is 1. The zero-order valence-electron chi connectivity index (χ0n) is 18.8. The van der Waals surface area contributed by atoms with E-state index in [1.807, 2.05) is 4.90 Å². The summed E-state index contributed by atoms with van der Waals surface area (Å²) in [6.45, 7) is 6.95. The van der Waals surface area contributed by atoms with Gasteiger partial charge < -0.3 is 19.6 Å². The van der Waals surface area contributed by atoms with Crippen molar-refractivity contribution in [3.63, 3.8) is 0 Å². The molecule has 11 heteroatoms. The van der Waals surface area contributed by atoms with Gasteiger partial charge in [-0.2, -0.15) is 4.31 Å². The van der Waals surface area contributed by atoms with Crippen molar-refractivity contribution in [1.82, 2.24) is 19.2 Å². The summed E-state index contributed by atoms with van der Waals surface area (Å²) in [6.07, 6.45) is 6.23. The molecule has 1 aromatic heterocycles. The van der Waals surface area contributed by atoms with E-state index in [1.165, 1.54) is 4.31 Å². The summed E-state index contributed by atoms with van der Waals surface area (Å²) in [4.78, 5) is 24.1. The Balaban J connectivity index is 1.28. The number of hydrogen-bond acceptors (Lipinski definition) is 7. The van der Waals surface area contributed by atoms with Crippen LogP contribution in [0.1, 0.15) is 39.5 Å². The number of nitrogens with zero attached hydrogens (tertiary/aromatic N) is 5. The molecule has 0 spiro atoms. The van der Waals surface area contributed by atoms with Crippen LogP contribution in [0.25, 0.3) is 0 Å². The van der Waals surface area contributed by atoms with Crippen molar-refractivity contribution in [3.8, 4) is 5.88 Å². The van der Waals surface area contributed by atoms with E-state index in [1.54, 1.807) is 24.2 Å². The van der Waals surface area contributed by atoms with Crippen LogP contribution < -0.4 is 9.64 Å². The Hall–Kier alpha value is -2.14. The van der Waals surface area contributed by atoms with E-state index in [9.17, 15) is 18.3 Å². The predicted molar refractivity (Wildman–Crippen MR) is 119 cm³/mol. The molecule has 2 unspecified atom stereocenters. The van der Waals surface area contributed by atoms with E-state index in [0.29, 0.717) is 56.9 Å². The smallest absolute Gasteiger partial charge is 0.407 e. The molecule has 1 aromatic rings. The maximum atomic E-state index is 12.0. The highest BCUT2D eigenvalue weighted by Gasteiger charge is 2.50. The van der Waals surface area contributed by atoms with E-state index in [2.05, 4.69) is 16.9 Å². The summed E-state index contributed by atoms with van der Waals surface area (Å²) < 4.78 is 31.4. The zero-order chi connectivity index (χ0) is 22.9. The number of carbonyl (C=O) groups is 1. The molecule has 1 N–H and O–H groups in total. The van der Waals surface area contributed by atoms with E-state index >= 15 is 0 Å². The molecule has 3 heterocycles. The first kappa shape index (κ1) is 23.0. The molecule has 1 saturated carbocycles.